The highest BCUT2D eigenvalue weighted by atomic mass is 16.6. The van der Waals surface area contributed by atoms with Crippen molar-refractivity contribution in [1.29, 1.82) is 0 Å². The van der Waals surface area contributed by atoms with Crippen LogP contribution in [0, 0.1) is 0 Å². The third-order valence-electron chi connectivity index (χ3n) is 6.42. The van der Waals surface area contributed by atoms with Crippen molar-refractivity contribution in [3.8, 4) is 11.1 Å². The number of carbonyl (C=O) groups is 1. The normalized spacial score (nSPS) is 21.0. The van der Waals surface area contributed by atoms with E-state index in [1.165, 1.54) is 11.1 Å². The molecule has 3 heterocycles. The standard InChI is InChI=1S/C25H37N5O2/c1-25(2,3)32-24(31)30-11-5-6-21(18-30)23-22(16-26-27-23)20-9-7-19(8-10-20)17-29-14-12-28(4)13-15-29/h7-10,16,21H,5-6,11-15,17-18H2,1-4H3,(H,26,27)/t21-/m0/s1. The molecule has 2 saturated heterocycles. The first-order chi connectivity index (χ1) is 15.3. The van der Waals surface area contributed by atoms with Crippen LogP contribution < -0.4 is 0 Å². The Hall–Kier alpha value is -2.38. The molecule has 2 fully saturated rings. The van der Waals surface area contributed by atoms with Crippen molar-refractivity contribution in [2.24, 2.45) is 0 Å². The molecule has 2 aliphatic heterocycles. The predicted octanol–water partition coefficient (Wildman–Crippen LogP) is 3.94. The number of piperazine rings is 1. The summed E-state index contributed by atoms with van der Waals surface area (Å²) < 4.78 is 5.59. The van der Waals surface area contributed by atoms with E-state index in [0.29, 0.717) is 6.54 Å². The summed E-state index contributed by atoms with van der Waals surface area (Å²) in [6.07, 6.45) is 3.69. The summed E-state index contributed by atoms with van der Waals surface area (Å²) in [5.41, 5.74) is 4.29. The molecule has 7 nitrogen and oxygen atoms in total. The number of hydrogen-bond acceptors (Lipinski definition) is 5. The van der Waals surface area contributed by atoms with Gasteiger partial charge in [0.25, 0.3) is 0 Å². The van der Waals surface area contributed by atoms with Crippen LogP contribution in [0.4, 0.5) is 4.79 Å². The molecular weight excluding hydrogens is 402 g/mol. The van der Waals surface area contributed by atoms with Crippen LogP contribution in [-0.2, 0) is 11.3 Å². The van der Waals surface area contributed by atoms with Crippen LogP contribution in [0.1, 0.15) is 50.8 Å². The zero-order chi connectivity index (χ0) is 22.7. The second-order valence-corrected chi connectivity index (χ2v) is 10.2. The molecule has 32 heavy (non-hydrogen) atoms. The Morgan fingerprint density at radius 3 is 2.53 bits per heavy atom. The van der Waals surface area contributed by atoms with E-state index in [9.17, 15) is 4.79 Å². The Labute approximate surface area is 191 Å². The number of H-pyrrole nitrogens is 1. The highest BCUT2D eigenvalue weighted by Crippen LogP contribution is 2.33. The number of likely N-dealkylation sites (tertiary alicyclic amines) is 1. The van der Waals surface area contributed by atoms with Gasteiger partial charge in [-0.05, 0) is 51.8 Å². The van der Waals surface area contributed by atoms with Crippen LogP contribution in [0.15, 0.2) is 30.5 Å². The van der Waals surface area contributed by atoms with Gasteiger partial charge in [-0.1, -0.05) is 24.3 Å². The summed E-state index contributed by atoms with van der Waals surface area (Å²) in [4.78, 5) is 19.3. The smallest absolute Gasteiger partial charge is 0.410 e. The molecule has 0 unspecified atom stereocenters. The van der Waals surface area contributed by atoms with Gasteiger partial charge in [0.15, 0.2) is 0 Å². The Morgan fingerprint density at radius 1 is 1.12 bits per heavy atom. The minimum absolute atomic E-state index is 0.225. The molecule has 4 rings (SSSR count). The first-order valence-corrected chi connectivity index (χ1v) is 11.8. The van der Waals surface area contributed by atoms with Gasteiger partial charge in [0, 0.05) is 63.0 Å². The molecule has 0 saturated carbocycles. The SMILES string of the molecule is CN1CCN(Cc2ccc(-c3cn[nH]c3[C@H]3CCCN(C(=O)OC(C)(C)C)C3)cc2)CC1. The number of benzene rings is 1. The molecule has 1 aromatic heterocycles. The lowest BCUT2D eigenvalue weighted by molar-refractivity contribution is 0.0197. The molecule has 1 atom stereocenters. The average Bonchev–Trinajstić information content (AvgIpc) is 3.25. The van der Waals surface area contributed by atoms with Crippen molar-refractivity contribution >= 4 is 6.09 Å². The fourth-order valence-corrected chi connectivity index (χ4v) is 4.60. The molecule has 1 aromatic carbocycles. The minimum atomic E-state index is -0.477. The number of hydrogen-bond donors (Lipinski definition) is 1. The summed E-state index contributed by atoms with van der Waals surface area (Å²) in [6.45, 7) is 12.7. The number of amides is 1. The number of piperidine rings is 1. The number of ether oxygens (including phenoxy) is 1. The van der Waals surface area contributed by atoms with Crippen LogP contribution in [0.5, 0.6) is 0 Å². The predicted molar refractivity (Wildman–Crippen MR) is 127 cm³/mol. The average molecular weight is 440 g/mol. The number of carbonyl (C=O) groups excluding carboxylic acids is 1. The second-order valence-electron chi connectivity index (χ2n) is 10.2. The fraction of sp³-hybridized carbons (Fsp3) is 0.600. The number of likely N-dealkylation sites (N-methyl/N-ethyl adjacent to an activating group) is 1. The van der Waals surface area contributed by atoms with E-state index in [0.717, 1.165) is 63.4 Å². The van der Waals surface area contributed by atoms with E-state index in [2.05, 4.69) is 51.3 Å². The third-order valence-corrected chi connectivity index (χ3v) is 6.42. The third kappa shape index (κ3) is 5.70. The van der Waals surface area contributed by atoms with Crippen LogP contribution >= 0.6 is 0 Å². The Balaban J connectivity index is 1.42. The Kier molecular flexibility index (Phi) is 6.86. The number of aromatic amines is 1. The van der Waals surface area contributed by atoms with Crippen LogP contribution in [0.2, 0.25) is 0 Å². The molecule has 2 aliphatic rings. The van der Waals surface area contributed by atoms with Crippen molar-refractivity contribution in [2.75, 3.05) is 46.3 Å². The lowest BCUT2D eigenvalue weighted by atomic mass is 9.90. The van der Waals surface area contributed by atoms with Gasteiger partial charge < -0.3 is 14.5 Å². The van der Waals surface area contributed by atoms with Crippen molar-refractivity contribution < 1.29 is 9.53 Å². The fourth-order valence-electron chi connectivity index (χ4n) is 4.60. The minimum Gasteiger partial charge on any atom is -0.444 e. The molecule has 2 aromatic rings. The Morgan fingerprint density at radius 2 is 1.84 bits per heavy atom. The highest BCUT2D eigenvalue weighted by molar-refractivity contribution is 5.69. The quantitative estimate of drug-likeness (QED) is 0.782. The van der Waals surface area contributed by atoms with Crippen LogP contribution in [0.25, 0.3) is 11.1 Å². The first kappa shape index (κ1) is 22.8. The lowest BCUT2D eigenvalue weighted by Gasteiger charge is -2.34. The molecule has 1 N–H and O–H groups in total. The van der Waals surface area contributed by atoms with E-state index < -0.39 is 5.60 Å². The molecular formula is C25H37N5O2. The molecule has 7 heteroatoms. The van der Waals surface area contributed by atoms with Crippen molar-refractivity contribution in [3.63, 3.8) is 0 Å². The van der Waals surface area contributed by atoms with Gasteiger partial charge in [0.2, 0.25) is 0 Å². The summed E-state index contributed by atoms with van der Waals surface area (Å²) in [5.74, 6) is 0.235. The van der Waals surface area contributed by atoms with Gasteiger partial charge in [-0.3, -0.25) is 10.00 Å². The topological polar surface area (TPSA) is 64.7 Å². The monoisotopic (exact) mass is 439 g/mol. The van der Waals surface area contributed by atoms with E-state index in [1.54, 1.807) is 0 Å². The molecule has 0 aliphatic carbocycles. The largest absolute Gasteiger partial charge is 0.444 e. The van der Waals surface area contributed by atoms with Gasteiger partial charge in [-0.2, -0.15) is 5.10 Å². The van der Waals surface area contributed by atoms with Crippen LogP contribution in [-0.4, -0.2) is 82.9 Å². The maximum Gasteiger partial charge on any atom is 0.410 e. The van der Waals surface area contributed by atoms with Crippen LogP contribution in [0.3, 0.4) is 0 Å². The Bertz CT molecular complexity index is 894. The van der Waals surface area contributed by atoms with Crippen molar-refractivity contribution in [1.82, 2.24) is 24.9 Å². The number of nitrogens with zero attached hydrogens (tertiary/aromatic N) is 4. The summed E-state index contributed by atoms with van der Waals surface area (Å²) in [7, 11) is 2.19. The molecule has 0 bridgehead atoms. The van der Waals surface area contributed by atoms with Gasteiger partial charge in [-0.25, -0.2) is 4.79 Å². The van der Waals surface area contributed by atoms with E-state index in [-0.39, 0.29) is 12.0 Å². The number of nitrogens with one attached hydrogen (secondary N) is 1. The second kappa shape index (κ2) is 9.63. The van der Waals surface area contributed by atoms with E-state index in [4.69, 9.17) is 4.74 Å². The van der Waals surface area contributed by atoms with E-state index >= 15 is 0 Å². The number of aromatic nitrogens is 2. The molecule has 174 valence electrons. The first-order valence-electron chi connectivity index (χ1n) is 11.8. The molecule has 1 amide bonds. The molecule has 0 radical (unpaired) electrons. The molecule has 0 spiro atoms. The number of rotatable bonds is 4. The summed E-state index contributed by atoms with van der Waals surface area (Å²) in [5, 5.41) is 7.58. The van der Waals surface area contributed by atoms with Gasteiger partial charge in [0.05, 0.1) is 6.20 Å². The highest BCUT2D eigenvalue weighted by Gasteiger charge is 2.30. The van der Waals surface area contributed by atoms with Gasteiger partial charge >= 0.3 is 6.09 Å². The van der Waals surface area contributed by atoms with Crippen molar-refractivity contribution in [2.45, 2.75) is 51.7 Å². The maximum atomic E-state index is 12.6. The zero-order valence-electron chi connectivity index (χ0n) is 19.9. The zero-order valence-corrected chi connectivity index (χ0v) is 19.9. The van der Waals surface area contributed by atoms with Gasteiger partial charge in [0.1, 0.15) is 5.60 Å². The summed E-state index contributed by atoms with van der Waals surface area (Å²) in [6, 6.07) is 8.87. The van der Waals surface area contributed by atoms with Crippen molar-refractivity contribution in [3.05, 3.63) is 41.7 Å². The van der Waals surface area contributed by atoms with Gasteiger partial charge in [-0.15, -0.1) is 0 Å². The maximum absolute atomic E-state index is 12.6. The summed E-state index contributed by atoms with van der Waals surface area (Å²) >= 11 is 0. The van der Waals surface area contributed by atoms with E-state index in [1.807, 2.05) is 31.9 Å². The lowest BCUT2D eigenvalue weighted by Crippen LogP contribution is -2.43.